The Balaban J connectivity index is 2.10. The molecule has 1 aliphatic carbocycles. The second-order valence-electron chi connectivity index (χ2n) is 6.41. The summed E-state index contributed by atoms with van der Waals surface area (Å²) in [7, 11) is 0. The standard InChI is InChI=1S/C18H29NO/c1-4-18(5-2,13-20)12-19-17-11-10-14(3)15-8-6-7-9-16(15)17/h6-9,14,17,19-20H,4-5,10-13H2,1-3H3. The molecule has 2 nitrogen and oxygen atoms in total. The molecule has 2 rings (SSSR count). The van der Waals surface area contributed by atoms with E-state index in [0.717, 1.165) is 19.4 Å². The Kier molecular flexibility index (Phi) is 5.22. The van der Waals surface area contributed by atoms with Crippen molar-refractivity contribution in [3.8, 4) is 0 Å². The van der Waals surface area contributed by atoms with Crippen LogP contribution in [0.2, 0.25) is 0 Å². The molecule has 20 heavy (non-hydrogen) atoms. The van der Waals surface area contributed by atoms with Crippen molar-refractivity contribution < 1.29 is 5.11 Å². The van der Waals surface area contributed by atoms with Crippen LogP contribution in [0.1, 0.15) is 69.5 Å². The minimum atomic E-state index is 0.0397. The average molecular weight is 275 g/mol. The number of benzene rings is 1. The summed E-state index contributed by atoms with van der Waals surface area (Å²) in [5, 5.41) is 13.4. The van der Waals surface area contributed by atoms with Crippen molar-refractivity contribution >= 4 is 0 Å². The van der Waals surface area contributed by atoms with Crippen LogP contribution < -0.4 is 5.32 Å². The normalized spacial score (nSPS) is 22.6. The lowest BCUT2D eigenvalue weighted by Gasteiger charge is -2.35. The van der Waals surface area contributed by atoms with E-state index in [1.165, 1.54) is 24.0 Å². The van der Waals surface area contributed by atoms with Gasteiger partial charge in [0.15, 0.2) is 0 Å². The molecule has 0 aliphatic heterocycles. The zero-order valence-corrected chi connectivity index (χ0v) is 13.2. The second-order valence-corrected chi connectivity index (χ2v) is 6.41. The molecule has 0 amide bonds. The van der Waals surface area contributed by atoms with Crippen LogP contribution in [0.25, 0.3) is 0 Å². The highest BCUT2D eigenvalue weighted by Crippen LogP contribution is 2.37. The summed E-state index contributed by atoms with van der Waals surface area (Å²) >= 11 is 0. The average Bonchev–Trinajstić information content (AvgIpc) is 2.51. The molecular weight excluding hydrogens is 246 g/mol. The van der Waals surface area contributed by atoms with Crippen molar-refractivity contribution in [3.05, 3.63) is 35.4 Å². The lowest BCUT2D eigenvalue weighted by atomic mass is 9.79. The molecular formula is C18H29NO. The number of aliphatic hydroxyl groups is 1. The third-order valence-corrected chi connectivity index (χ3v) is 5.35. The molecule has 0 bridgehead atoms. The SMILES string of the molecule is CCC(CC)(CO)CNC1CCC(C)c2ccccc21. The van der Waals surface area contributed by atoms with Crippen LogP contribution in [0.3, 0.4) is 0 Å². The Morgan fingerprint density at radius 1 is 1.15 bits per heavy atom. The highest BCUT2D eigenvalue weighted by Gasteiger charge is 2.29. The molecule has 1 aromatic carbocycles. The van der Waals surface area contributed by atoms with Crippen LogP contribution in [0, 0.1) is 5.41 Å². The number of aliphatic hydroxyl groups excluding tert-OH is 1. The number of hydrogen-bond donors (Lipinski definition) is 2. The first-order valence-corrected chi connectivity index (χ1v) is 8.09. The van der Waals surface area contributed by atoms with Gasteiger partial charge in [-0.1, -0.05) is 45.0 Å². The van der Waals surface area contributed by atoms with Gasteiger partial charge in [-0.15, -0.1) is 0 Å². The first-order chi connectivity index (χ1) is 9.65. The minimum Gasteiger partial charge on any atom is -0.396 e. The predicted octanol–water partition coefficient (Wildman–Crippen LogP) is 4.01. The summed E-state index contributed by atoms with van der Waals surface area (Å²) in [5.41, 5.74) is 3.00. The maximum Gasteiger partial charge on any atom is 0.0499 e. The topological polar surface area (TPSA) is 32.3 Å². The molecule has 2 unspecified atom stereocenters. The van der Waals surface area contributed by atoms with Crippen LogP contribution in [-0.2, 0) is 0 Å². The van der Waals surface area contributed by atoms with Gasteiger partial charge >= 0.3 is 0 Å². The second kappa shape index (κ2) is 6.73. The van der Waals surface area contributed by atoms with Gasteiger partial charge in [-0.05, 0) is 42.7 Å². The van der Waals surface area contributed by atoms with Gasteiger partial charge in [-0.3, -0.25) is 0 Å². The largest absolute Gasteiger partial charge is 0.396 e. The molecule has 0 radical (unpaired) electrons. The summed E-state index contributed by atoms with van der Waals surface area (Å²) in [6, 6.07) is 9.28. The minimum absolute atomic E-state index is 0.0397. The first kappa shape index (κ1) is 15.5. The van der Waals surface area contributed by atoms with Crippen LogP contribution in [0.15, 0.2) is 24.3 Å². The lowest BCUT2D eigenvalue weighted by molar-refractivity contribution is 0.108. The molecule has 112 valence electrons. The molecule has 1 aliphatic rings. The zero-order chi connectivity index (χ0) is 14.6. The molecule has 2 heteroatoms. The number of nitrogens with one attached hydrogen (secondary N) is 1. The van der Waals surface area contributed by atoms with Crippen molar-refractivity contribution in [1.82, 2.24) is 5.32 Å². The fraction of sp³-hybridized carbons (Fsp3) is 0.667. The Morgan fingerprint density at radius 3 is 2.40 bits per heavy atom. The van der Waals surface area contributed by atoms with Gasteiger partial charge in [-0.2, -0.15) is 0 Å². The monoisotopic (exact) mass is 275 g/mol. The summed E-state index contributed by atoms with van der Waals surface area (Å²) in [6.45, 7) is 7.86. The van der Waals surface area contributed by atoms with E-state index in [0.29, 0.717) is 12.0 Å². The summed E-state index contributed by atoms with van der Waals surface area (Å²) < 4.78 is 0. The summed E-state index contributed by atoms with van der Waals surface area (Å²) in [6.07, 6.45) is 4.50. The van der Waals surface area contributed by atoms with Gasteiger partial charge in [0.2, 0.25) is 0 Å². The summed E-state index contributed by atoms with van der Waals surface area (Å²) in [5.74, 6) is 0.671. The molecule has 0 heterocycles. The molecule has 0 saturated heterocycles. The first-order valence-electron chi connectivity index (χ1n) is 8.09. The van der Waals surface area contributed by atoms with Crippen LogP contribution in [0.4, 0.5) is 0 Å². The van der Waals surface area contributed by atoms with Gasteiger partial charge in [-0.25, -0.2) is 0 Å². The molecule has 0 fully saturated rings. The Labute approximate surface area is 123 Å². The van der Waals surface area contributed by atoms with Gasteiger partial charge in [0.05, 0.1) is 0 Å². The van der Waals surface area contributed by atoms with E-state index in [1.807, 2.05) is 0 Å². The fourth-order valence-corrected chi connectivity index (χ4v) is 3.34. The van der Waals surface area contributed by atoms with E-state index >= 15 is 0 Å². The lowest BCUT2D eigenvalue weighted by Crippen LogP contribution is -2.39. The highest BCUT2D eigenvalue weighted by atomic mass is 16.3. The Morgan fingerprint density at radius 2 is 1.80 bits per heavy atom. The van der Waals surface area contributed by atoms with Crippen LogP contribution in [0.5, 0.6) is 0 Å². The van der Waals surface area contributed by atoms with Gasteiger partial charge in [0.25, 0.3) is 0 Å². The number of rotatable bonds is 6. The smallest absolute Gasteiger partial charge is 0.0499 e. The Bertz CT molecular complexity index is 417. The van der Waals surface area contributed by atoms with Crippen molar-refractivity contribution in [2.24, 2.45) is 5.41 Å². The van der Waals surface area contributed by atoms with Crippen molar-refractivity contribution in [3.63, 3.8) is 0 Å². The third kappa shape index (κ3) is 3.07. The maximum atomic E-state index is 9.70. The molecule has 1 aromatic rings. The van der Waals surface area contributed by atoms with E-state index in [4.69, 9.17) is 0 Å². The third-order valence-electron chi connectivity index (χ3n) is 5.35. The molecule has 0 saturated carbocycles. The van der Waals surface area contributed by atoms with Crippen LogP contribution >= 0.6 is 0 Å². The van der Waals surface area contributed by atoms with Crippen molar-refractivity contribution in [2.75, 3.05) is 13.2 Å². The predicted molar refractivity (Wildman–Crippen MR) is 84.9 cm³/mol. The molecule has 0 aromatic heterocycles. The van der Waals surface area contributed by atoms with Gasteiger partial charge in [0, 0.05) is 24.6 Å². The highest BCUT2D eigenvalue weighted by molar-refractivity contribution is 5.34. The van der Waals surface area contributed by atoms with Crippen LogP contribution in [-0.4, -0.2) is 18.3 Å². The fourth-order valence-electron chi connectivity index (χ4n) is 3.34. The quantitative estimate of drug-likeness (QED) is 0.822. The molecule has 2 atom stereocenters. The van der Waals surface area contributed by atoms with Crippen molar-refractivity contribution in [1.29, 1.82) is 0 Å². The summed E-state index contributed by atoms with van der Waals surface area (Å²) in [4.78, 5) is 0. The zero-order valence-electron chi connectivity index (χ0n) is 13.2. The van der Waals surface area contributed by atoms with Gasteiger partial charge < -0.3 is 10.4 Å². The van der Waals surface area contributed by atoms with E-state index in [9.17, 15) is 5.11 Å². The maximum absolute atomic E-state index is 9.70. The van der Waals surface area contributed by atoms with E-state index in [-0.39, 0.29) is 12.0 Å². The van der Waals surface area contributed by atoms with E-state index in [2.05, 4.69) is 50.4 Å². The van der Waals surface area contributed by atoms with Crippen molar-refractivity contribution in [2.45, 2.75) is 58.4 Å². The Hall–Kier alpha value is -0.860. The number of hydrogen-bond acceptors (Lipinski definition) is 2. The van der Waals surface area contributed by atoms with E-state index < -0.39 is 0 Å². The van der Waals surface area contributed by atoms with Gasteiger partial charge in [0.1, 0.15) is 0 Å². The molecule has 2 N–H and O–H groups in total. The van der Waals surface area contributed by atoms with E-state index in [1.54, 1.807) is 0 Å². The number of fused-ring (bicyclic) bond motifs is 1. The molecule has 0 spiro atoms.